The minimum Gasteiger partial charge on any atom is -0.383 e. The van der Waals surface area contributed by atoms with Crippen molar-refractivity contribution in [1.82, 2.24) is 4.90 Å². The normalized spacial score (nSPS) is 18.6. The van der Waals surface area contributed by atoms with Crippen molar-refractivity contribution in [2.45, 2.75) is 30.7 Å². The summed E-state index contributed by atoms with van der Waals surface area (Å²) < 4.78 is 13.2. The Kier molecular flexibility index (Phi) is 7.24. The van der Waals surface area contributed by atoms with Crippen LogP contribution in [0.2, 0.25) is 0 Å². The molecule has 1 heterocycles. The highest BCUT2D eigenvalue weighted by Gasteiger charge is 2.39. The zero-order chi connectivity index (χ0) is 23.1. The van der Waals surface area contributed by atoms with Gasteiger partial charge >= 0.3 is 0 Å². The van der Waals surface area contributed by atoms with Gasteiger partial charge in [0.25, 0.3) is 0 Å². The molecule has 2 atom stereocenters. The molecule has 33 heavy (non-hydrogen) atoms. The minimum atomic E-state index is -0.761. The average Bonchev–Trinajstić information content (AvgIpc) is 3.34. The molecular weight excluding hydrogens is 408 g/mol. The number of hydrogen-bond acceptors (Lipinski definition) is 4. The molecular formula is C29H30N2O2. The second kappa shape index (κ2) is 10.5. The number of nitriles is 1. The summed E-state index contributed by atoms with van der Waals surface area (Å²) in [5.41, 5.74) is 3.11. The Labute approximate surface area is 196 Å². The molecule has 1 aliphatic rings. The Morgan fingerprint density at radius 1 is 0.909 bits per heavy atom. The average molecular weight is 439 g/mol. The van der Waals surface area contributed by atoms with Gasteiger partial charge in [0.2, 0.25) is 0 Å². The Hall–Kier alpha value is -3.39. The molecule has 4 rings (SSSR count). The van der Waals surface area contributed by atoms with Gasteiger partial charge in [-0.05, 0) is 29.5 Å². The summed E-state index contributed by atoms with van der Waals surface area (Å²) in [6.45, 7) is 0.426. The molecule has 0 aromatic heterocycles. The maximum atomic E-state index is 9.57. The fourth-order valence-corrected chi connectivity index (χ4v) is 4.51. The van der Waals surface area contributed by atoms with Crippen molar-refractivity contribution in [3.63, 3.8) is 0 Å². The van der Waals surface area contributed by atoms with Crippen LogP contribution < -0.4 is 0 Å². The van der Waals surface area contributed by atoms with E-state index in [0.29, 0.717) is 12.2 Å². The van der Waals surface area contributed by atoms with Crippen molar-refractivity contribution in [3.05, 3.63) is 119 Å². The highest BCUT2D eigenvalue weighted by molar-refractivity contribution is 5.47. The molecule has 0 radical (unpaired) electrons. The van der Waals surface area contributed by atoms with E-state index in [1.807, 2.05) is 79.8 Å². The quantitative estimate of drug-likeness (QED) is 0.344. The first-order valence-electron chi connectivity index (χ1n) is 11.4. The maximum absolute atomic E-state index is 9.57. The van der Waals surface area contributed by atoms with Gasteiger partial charge in [0.05, 0.1) is 30.5 Å². The number of benzene rings is 3. The van der Waals surface area contributed by atoms with E-state index in [0.717, 1.165) is 29.5 Å². The van der Waals surface area contributed by atoms with Crippen LogP contribution in [0.5, 0.6) is 0 Å². The summed E-state index contributed by atoms with van der Waals surface area (Å²) in [4.78, 5) is 1.89. The first-order valence-corrected chi connectivity index (χ1v) is 11.4. The Morgan fingerprint density at radius 3 is 1.82 bits per heavy atom. The fraction of sp³-hybridized carbons (Fsp3) is 0.276. The first-order chi connectivity index (χ1) is 16.1. The van der Waals surface area contributed by atoms with Gasteiger partial charge in [-0.25, -0.2) is 0 Å². The summed E-state index contributed by atoms with van der Waals surface area (Å²) >= 11 is 0. The molecule has 0 bridgehead atoms. The molecule has 4 nitrogen and oxygen atoms in total. The molecule has 0 spiro atoms. The lowest BCUT2D eigenvalue weighted by molar-refractivity contribution is -0.0557. The van der Waals surface area contributed by atoms with Crippen LogP contribution in [0.4, 0.5) is 0 Å². The lowest BCUT2D eigenvalue weighted by atomic mass is 9.80. The van der Waals surface area contributed by atoms with Gasteiger partial charge in [-0.1, -0.05) is 91.0 Å². The molecule has 0 N–H and O–H groups in total. The van der Waals surface area contributed by atoms with Gasteiger partial charge in [0.15, 0.2) is 0 Å². The third-order valence-electron chi connectivity index (χ3n) is 6.01. The second-order valence-electron chi connectivity index (χ2n) is 8.57. The highest BCUT2D eigenvalue weighted by Crippen LogP contribution is 2.41. The van der Waals surface area contributed by atoms with Crippen LogP contribution in [-0.2, 0) is 15.1 Å². The molecule has 3 aromatic rings. The van der Waals surface area contributed by atoms with E-state index in [1.54, 1.807) is 0 Å². The van der Waals surface area contributed by atoms with Crippen molar-refractivity contribution in [2.75, 3.05) is 20.7 Å². The lowest BCUT2D eigenvalue weighted by Crippen LogP contribution is -2.35. The number of nitrogens with zero attached hydrogens (tertiary/aromatic N) is 2. The van der Waals surface area contributed by atoms with Crippen LogP contribution >= 0.6 is 0 Å². The third kappa shape index (κ3) is 5.01. The van der Waals surface area contributed by atoms with Gasteiger partial charge in [-0.3, -0.25) is 0 Å². The predicted molar refractivity (Wildman–Crippen MR) is 130 cm³/mol. The summed E-state index contributed by atoms with van der Waals surface area (Å²) in [7, 11) is 3.83. The van der Waals surface area contributed by atoms with Gasteiger partial charge in [0.1, 0.15) is 5.60 Å². The standard InChI is InChI=1S/C29H30N2O2/c1-31(2)21-23(20-30)28-19-18-27(33-28)22-32-29(24-12-6-3-7-13-24,25-14-8-4-9-15-25)26-16-10-5-11-17-26/h3-17,21,27-28H,18-19,22H2,1-2H3/b23-21+/t27-,28?/m1/s1. The van der Waals surface area contributed by atoms with E-state index < -0.39 is 5.60 Å². The van der Waals surface area contributed by atoms with E-state index in [9.17, 15) is 5.26 Å². The third-order valence-corrected chi connectivity index (χ3v) is 6.01. The SMILES string of the molecule is CN(C)/C=C(\C#N)C1CC[C@H](COC(c2ccccc2)(c2ccccc2)c2ccccc2)O1. The topological polar surface area (TPSA) is 45.5 Å². The summed E-state index contributed by atoms with van der Waals surface area (Å²) in [6, 6.07) is 33.4. The predicted octanol–water partition coefficient (Wildman–Crippen LogP) is 5.51. The second-order valence-corrected chi connectivity index (χ2v) is 8.57. The van der Waals surface area contributed by atoms with E-state index in [-0.39, 0.29) is 12.2 Å². The molecule has 1 fully saturated rings. The van der Waals surface area contributed by atoms with E-state index >= 15 is 0 Å². The van der Waals surface area contributed by atoms with Crippen LogP contribution in [0, 0.1) is 11.3 Å². The first kappa shape index (κ1) is 22.8. The van der Waals surface area contributed by atoms with Gasteiger partial charge in [-0.2, -0.15) is 5.26 Å². The van der Waals surface area contributed by atoms with Crippen LogP contribution in [0.25, 0.3) is 0 Å². The molecule has 3 aromatic carbocycles. The van der Waals surface area contributed by atoms with Crippen molar-refractivity contribution in [3.8, 4) is 6.07 Å². The summed E-state index contributed by atoms with van der Waals surface area (Å²) in [5.74, 6) is 0. The fourth-order valence-electron chi connectivity index (χ4n) is 4.51. The largest absolute Gasteiger partial charge is 0.383 e. The number of rotatable bonds is 8. The van der Waals surface area contributed by atoms with E-state index in [1.165, 1.54) is 0 Å². The molecule has 1 unspecified atom stereocenters. The Balaban J connectivity index is 1.67. The molecule has 1 saturated heterocycles. The number of ether oxygens (including phenoxy) is 2. The van der Waals surface area contributed by atoms with Gasteiger partial charge in [-0.15, -0.1) is 0 Å². The van der Waals surface area contributed by atoms with Crippen molar-refractivity contribution >= 4 is 0 Å². The van der Waals surface area contributed by atoms with Crippen LogP contribution in [-0.4, -0.2) is 37.8 Å². The van der Waals surface area contributed by atoms with Crippen molar-refractivity contribution in [1.29, 1.82) is 5.26 Å². The van der Waals surface area contributed by atoms with Gasteiger partial charge < -0.3 is 14.4 Å². The van der Waals surface area contributed by atoms with E-state index in [2.05, 4.69) is 42.5 Å². The minimum absolute atomic E-state index is 0.0792. The zero-order valence-corrected chi connectivity index (χ0v) is 19.2. The molecule has 4 heteroatoms. The Bertz CT molecular complexity index is 992. The number of hydrogen-bond donors (Lipinski definition) is 0. The van der Waals surface area contributed by atoms with Crippen molar-refractivity contribution in [2.24, 2.45) is 0 Å². The van der Waals surface area contributed by atoms with Crippen LogP contribution in [0.3, 0.4) is 0 Å². The summed E-state index contributed by atoms with van der Waals surface area (Å²) in [5, 5.41) is 9.57. The summed E-state index contributed by atoms with van der Waals surface area (Å²) in [6.07, 6.45) is 3.24. The molecule has 1 aliphatic heterocycles. The molecule has 0 aliphatic carbocycles. The van der Waals surface area contributed by atoms with E-state index in [4.69, 9.17) is 9.47 Å². The molecule has 168 valence electrons. The smallest absolute Gasteiger partial charge is 0.143 e. The highest BCUT2D eigenvalue weighted by atomic mass is 16.6. The lowest BCUT2D eigenvalue weighted by Gasteiger charge is -2.36. The van der Waals surface area contributed by atoms with Crippen molar-refractivity contribution < 1.29 is 9.47 Å². The zero-order valence-electron chi connectivity index (χ0n) is 19.2. The van der Waals surface area contributed by atoms with Crippen LogP contribution in [0.1, 0.15) is 29.5 Å². The maximum Gasteiger partial charge on any atom is 0.143 e. The molecule has 0 saturated carbocycles. The van der Waals surface area contributed by atoms with Crippen LogP contribution in [0.15, 0.2) is 103 Å². The monoisotopic (exact) mass is 438 g/mol. The molecule has 0 amide bonds. The Morgan fingerprint density at radius 2 is 1.39 bits per heavy atom. The van der Waals surface area contributed by atoms with Gasteiger partial charge in [0, 0.05) is 20.3 Å².